The van der Waals surface area contributed by atoms with Crippen LogP contribution in [-0.4, -0.2) is 16.1 Å². The summed E-state index contributed by atoms with van der Waals surface area (Å²) in [6.45, 7) is 10.1. The Kier molecular flexibility index (Phi) is 6.45. The standard InChI is InChI=1S/C20H22N2.C2H5NO/c1-13(2)16-11-8-12-17-18(16)19(14(3)4)21-22-20(17)15-9-6-5-7-10-15;1-2(3)4/h5-14H,1-4H3;1H3,(H2,3,4). The van der Waals surface area contributed by atoms with Crippen LogP contribution in [0.5, 0.6) is 0 Å². The summed E-state index contributed by atoms with van der Waals surface area (Å²) in [7, 11) is 0. The second kappa shape index (κ2) is 8.56. The molecule has 136 valence electrons. The maximum atomic E-state index is 9.22. The minimum absolute atomic E-state index is 0.333. The molecule has 3 rings (SSSR count). The number of carbonyl (C=O) groups is 1. The molecular formula is C22H27N3O. The topological polar surface area (TPSA) is 68.9 Å². The van der Waals surface area contributed by atoms with E-state index in [-0.39, 0.29) is 5.91 Å². The molecule has 0 aliphatic heterocycles. The molecule has 0 radical (unpaired) electrons. The van der Waals surface area contributed by atoms with Crippen molar-refractivity contribution in [3.63, 3.8) is 0 Å². The van der Waals surface area contributed by atoms with Gasteiger partial charge in [0.2, 0.25) is 5.91 Å². The lowest BCUT2D eigenvalue weighted by Gasteiger charge is -2.17. The lowest BCUT2D eigenvalue weighted by atomic mass is 9.91. The Morgan fingerprint density at radius 1 is 0.885 bits per heavy atom. The summed E-state index contributed by atoms with van der Waals surface area (Å²) in [5.41, 5.74) is 9.02. The van der Waals surface area contributed by atoms with E-state index in [1.54, 1.807) is 0 Å². The highest BCUT2D eigenvalue weighted by atomic mass is 16.1. The number of fused-ring (bicyclic) bond motifs is 1. The molecule has 0 aliphatic rings. The van der Waals surface area contributed by atoms with E-state index >= 15 is 0 Å². The number of benzene rings is 2. The number of nitrogens with two attached hydrogens (primary N) is 1. The first-order valence-corrected chi connectivity index (χ1v) is 8.93. The average Bonchev–Trinajstić information content (AvgIpc) is 2.60. The number of hydrogen-bond acceptors (Lipinski definition) is 3. The molecule has 0 fully saturated rings. The van der Waals surface area contributed by atoms with E-state index in [2.05, 4.69) is 74.0 Å². The Labute approximate surface area is 155 Å². The minimum Gasteiger partial charge on any atom is -0.370 e. The molecule has 4 nitrogen and oxygen atoms in total. The lowest BCUT2D eigenvalue weighted by molar-refractivity contribution is -0.115. The average molecular weight is 349 g/mol. The molecule has 3 aromatic rings. The molecule has 0 aliphatic carbocycles. The van der Waals surface area contributed by atoms with Crippen molar-refractivity contribution in [3.05, 3.63) is 59.8 Å². The Bertz CT molecular complexity index is 868. The van der Waals surface area contributed by atoms with Gasteiger partial charge in [-0.2, -0.15) is 5.10 Å². The summed E-state index contributed by atoms with van der Waals surface area (Å²) in [4.78, 5) is 9.22. The zero-order chi connectivity index (χ0) is 19.3. The van der Waals surface area contributed by atoms with Crippen molar-refractivity contribution in [2.45, 2.75) is 46.5 Å². The van der Waals surface area contributed by atoms with Gasteiger partial charge in [-0.3, -0.25) is 4.79 Å². The van der Waals surface area contributed by atoms with Gasteiger partial charge in [0, 0.05) is 23.3 Å². The van der Waals surface area contributed by atoms with Gasteiger partial charge in [0.15, 0.2) is 0 Å². The second-order valence-electron chi connectivity index (χ2n) is 6.99. The molecule has 2 aromatic carbocycles. The second-order valence-corrected chi connectivity index (χ2v) is 6.99. The van der Waals surface area contributed by atoms with Gasteiger partial charge in [-0.25, -0.2) is 0 Å². The number of primary amides is 1. The zero-order valence-corrected chi connectivity index (χ0v) is 16.2. The molecule has 0 spiro atoms. The smallest absolute Gasteiger partial charge is 0.214 e. The molecule has 0 unspecified atom stereocenters. The highest BCUT2D eigenvalue weighted by Crippen LogP contribution is 2.35. The summed E-state index contributed by atoms with van der Waals surface area (Å²) in [6.07, 6.45) is 0. The third kappa shape index (κ3) is 4.45. The van der Waals surface area contributed by atoms with Crippen molar-refractivity contribution in [2.24, 2.45) is 5.73 Å². The summed E-state index contributed by atoms with van der Waals surface area (Å²) in [6, 6.07) is 16.8. The van der Waals surface area contributed by atoms with Crippen LogP contribution in [0.3, 0.4) is 0 Å². The Morgan fingerprint density at radius 2 is 1.50 bits per heavy atom. The summed E-state index contributed by atoms with van der Waals surface area (Å²) in [5.74, 6) is 0.494. The first kappa shape index (κ1) is 19.6. The Balaban J connectivity index is 0.000000552. The first-order valence-electron chi connectivity index (χ1n) is 8.93. The van der Waals surface area contributed by atoms with E-state index < -0.39 is 0 Å². The van der Waals surface area contributed by atoms with Gasteiger partial charge in [-0.05, 0) is 17.4 Å². The van der Waals surface area contributed by atoms with Crippen LogP contribution in [0.4, 0.5) is 0 Å². The quantitative estimate of drug-likeness (QED) is 0.720. The summed E-state index contributed by atoms with van der Waals surface area (Å²) in [5, 5.41) is 11.6. The minimum atomic E-state index is -0.333. The van der Waals surface area contributed by atoms with E-state index in [9.17, 15) is 4.79 Å². The summed E-state index contributed by atoms with van der Waals surface area (Å²) < 4.78 is 0. The van der Waals surface area contributed by atoms with Crippen molar-refractivity contribution in [3.8, 4) is 11.3 Å². The van der Waals surface area contributed by atoms with Crippen LogP contribution in [0.25, 0.3) is 22.0 Å². The highest BCUT2D eigenvalue weighted by molar-refractivity contribution is 5.98. The van der Waals surface area contributed by atoms with E-state index in [1.165, 1.54) is 23.3 Å². The fraction of sp³-hybridized carbons (Fsp3) is 0.318. The maximum Gasteiger partial charge on any atom is 0.214 e. The number of aromatic nitrogens is 2. The third-order valence-corrected chi connectivity index (χ3v) is 4.08. The van der Waals surface area contributed by atoms with Crippen LogP contribution in [0.2, 0.25) is 0 Å². The van der Waals surface area contributed by atoms with Gasteiger partial charge >= 0.3 is 0 Å². The van der Waals surface area contributed by atoms with Crippen molar-refractivity contribution in [1.82, 2.24) is 10.2 Å². The molecular weight excluding hydrogens is 322 g/mol. The molecule has 0 saturated heterocycles. The molecule has 4 heteroatoms. The van der Waals surface area contributed by atoms with E-state index in [0.29, 0.717) is 11.8 Å². The molecule has 0 bridgehead atoms. The monoisotopic (exact) mass is 349 g/mol. The number of nitrogens with zero attached hydrogens (tertiary/aromatic N) is 2. The Hall–Kier alpha value is -2.75. The van der Waals surface area contributed by atoms with Crippen LogP contribution in [0, 0.1) is 0 Å². The number of rotatable bonds is 3. The maximum absolute atomic E-state index is 9.22. The normalized spacial score (nSPS) is 10.7. The van der Waals surface area contributed by atoms with Crippen LogP contribution >= 0.6 is 0 Å². The van der Waals surface area contributed by atoms with Gasteiger partial charge in [0.05, 0.1) is 5.69 Å². The lowest BCUT2D eigenvalue weighted by Crippen LogP contribution is -2.03. The molecule has 1 amide bonds. The van der Waals surface area contributed by atoms with Crippen LogP contribution in [0.15, 0.2) is 48.5 Å². The fourth-order valence-electron chi connectivity index (χ4n) is 2.96. The van der Waals surface area contributed by atoms with Gasteiger partial charge < -0.3 is 5.73 Å². The number of hydrogen-bond donors (Lipinski definition) is 1. The third-order valence-electron chi connectivity index (χ3n) is 4.08. The van der Waals surface area contributed by atoms with Gasteiger partial charge in [0.25, 0.3) is 0 Å². The predicted octanol–water partition coefficient (Wildman–Crippen LogP) is 5.04. The Morgan fingerprint density at radius 3 is 2.04 bits per heavy atom. The largest absolute Gasteiger partial charge is 0.370 e. The van der Waals surface area contributed by atoms with E-state index in [0.717, 1.165) is 17.0 Å². The summed E-state index contributed by atoms with van der Waals surface area (Å²) >= 11 is 0. The van der Waals surface area contributed by atoms with Crippen LogP contribution in [0.1, 0.15) is 57.7 Å². The van der Waals surface area contributed by atoms with E-state index in [1.807, 2.05) is 18.2 Å². The predicted molar refractivity (Wildman–Crippen MR) is 108 cm³/mol. The van der Waals surface area contributed by atoms with Crippen molar-refractivity contribution >= 4 is 16.7 Å². The highest BCUT2D eigenvalue weighted by Gasteiger charge is 2.17. The zero-order valence-electron chi connectivity index (χ0n) is 16.2. The van der Waals surface area contributed by atoms with Crippen molar-refractivity contribution in [1.29, 1.82) is 0 Å². The molecule has 0 atom stereocenters. The van der Waals surface area contributed by atoms with Crippen LogP contribution < -0.4 is 5.73 Å². The number of carbonyl (C=O) groups excluding carboxylic acids is 1. The first-order chi connectivity index (χ1) is 12.3. The van der Waals surface area contributed by atoms with E-state index in [4.69, 9.17) is 0 Å². The molecule has 2 N–H and O–H groups in total. The fourth-order valence-corrected chi connectivity index (χ4v) is 2.96. The van der Waals surface area contributed by atoms with Gasteiger partial charge in [-0.15, -0.1) is 5.10 Å². The molecule has 1 aromatic heterocycles. The molecule has 0 saturated carbocycles. The van der Waals surface area contributed by atoms with Crippen molar-refractivity contribution < 1.29 is 4.79 Å². The molecule has 1 heterocycles. The van der Waals surface area contributed by atoms with Crippen LogP contribution in [-0.2, 0) is 4.79 Å². The SMILES string of the molecule is CC(C)c1cccc2c(-c3ccccc3)nnc(C(C)C)c12.CC(N)=O. The molecule has 26 heavy (non-hydrogen) atoms. The van der Waals surface area contributed by atoms with Gasteiger partial charge in [-0.1, -0.05) is 76.2 Å². The number of amides is 1. The van der Waals surface area contributed by atoms with Crippen molar-refractivity contribution in [2.75, 3.05) is 0 Å². The van der Waals surface area contributed by atoms with Gasteiger partial charge in [0.1, 0.15) is 5.69 Å².